The van der Waals surface area contributed by atoms with Gasteiger partial charge in [0.15, 0.2) is 0 Å². The van der Waals surface area contributed by atoms with Crippen LogP contribution in [0.5, 0.6) is 0 Å². The van der Waals surface area contributed by atoms with Gasteiger partial charge in [0.05, 0.1) is 21.7 Å². The molecule has 12 heteroatoms. The van der Waals surface area contributed by atoms with Crippen molar-refractivity contribution in [3.8, 4) is 11.1 Å². The number of hydrogen-bond donors (Lipinski definition) is 1. The Morgan fingerprint density at radius 2 is 1.80 bits per heavy atom. The van der Waals surface area contributed by atoms with E-state index in [1.165, 1.54) is 34.9 Å². The quantitative estimate of drug-likeness (QED) is 0.0901. The van der Waals surface area contributed by atoms with Gasteiger partial charge in [0.2, 0.25) is 11.7 Å². The predicted molar refractivity (Wildman–Crippen MR) is 150 cm³/mol. The summed E-state index contributed by atoms with van der Waals surface area (Å²) in [6, 6.07) is 9.05. The lowest BCUT2D eigenvalue weighted by molar-refractivity contribution is -0.112. The fraction of sp³-hybridized carbons (Fsp3) is 0.138. The molecule has 5 aromatic rings. The number of ketones is 1. The summed E-state index contributed by atoms with van der Waals surface area (Å²) in [7, 11) is 1.70. The Bertz CT molecular complexity index is 1870. The number of hydrogen-bond acceptors (Lipinski definition) is 3. The molecule has 0 saturated carbocycles. The zero-order chi connectivity index (χ0) is 29.6. The van der Waals surface area contributed by atoms with Gasteiger partial charge < -0.3 is 14.3 Å². The van der Waals surface area contributed by atoms with E-state index in [2.05, 4.69) is 10.3 Å². The van der Waals surface area contributed by atoms with Crippen molar-refractivity contribution >= 4 is 57.1 Å². The van der Waals surface area contributed by atoms with Crippen LogP contribution in [0.25, 0.3) is 27.7 Å². The monoisotopic (exact) mass is 602 g/mol. The first-order valence-electron chi connectivity index (χ1n) is 12.1. The second-order valence-electron chi connectivity index (χ2n) is 9.13. The smallest absolute Gasteiger partial charge is 0.264 e. The number of aromatic nitrogens is 3. The van der Waals surface area contributed by atoms with Gasteiger partial charge in [-0.15, -0.1) is 11.6 Å². The summed E-state index contributed by atoms with van der Waals surface area (Å²) >= 11 is 12.1. The van der Waals surface area contributed by atoms with E-state index in [0.29, 0.717) is 27.9 Å². The molecule has 6 nitrogen and oxygen atoms in total. The van der Waals surface area contributed by atoms with Crippen LogP contribution in [0.3, 0.4) is 0 Å². The van der Waals surface area contributed by atoms with E-state index < -0.39 is 35.4 Å². The van der Waals surface area contributed by atoms with Crippen LogP contribution < -0.4 is 5.32 Å². The average molecular weight is 603 g/mol. The molecular formula is C29H20Cl2F4N4O2. The largest absolute Gasteiger partial charge is 0.331 e. The number of alkyl halides is 3. The highest BCUT2D eigenvalue weighted by atomic mass is 35.5. The molecule has 0 unspecified atom stereocenters. The highest BCUT2D eigenvalue weighted by Gasteiger charge is 2.26. The summed E-state index contributed by atoms with van der Waals surface area (Å²) in [6.45, 7) is 1.73. The van der Waals surface area contributed by atoms with Gasteiger partial charge in [-0.05, 0) is 43.3 Å². The van der Waals surface area contributed by atoms with Crippen molar-refractivity contribution in [1.29, 1.82) is 0 Å². The van der Waals surface area contributed by atoms with Crippen molar-refractivity contribution in [3.05, 3.63) is 100 Å². The van der Waals surface area contributed by atoms with Gasteiger partial charge >= 0.3 is 0 Å². The average Bonchev–Trinajstić information content (AvgIpc) is 3.50. The molecule has 0 radical (unpaired) electrons. The molecule has 1 N–H and O–H groups in total. The van der Waals surface area contributed by atoms with Gasteiger partial charge in [-0.1, -0.05) is 23.7 Å². The Morgan fingerprint density at radius 3 is 2.46 bits per heavy atom. The second kappa shape index (κ2) is 11.0. The summed E-state index contributed by atoms with van der Waals surface area (Å²) in [6.07, 6.45) is 0.974. The van der Waals surface area contributed by atoms with Crippen molar-refractivity contribution in [2.75, 3.05) is 11.2 Å². The molecule has 0 aliphatic carbocycles. The highest BCUT2D eigenvalue weighted by Crippen LogP contribution is 2.43. The predicted octanol–water partition coefficient (Wildman–Crippen LogP) is 7.64. The van der Waals surface area contributed by atoms with E-state index in [1.807, 2.05) is 0 Å². The van der Waals surface area contributed by atoms with Crippen molar-refractivity contribution in [2.24, 2.45) is 7.05 Å². The molecule has 0 atom stereocenters. The van der Waals surface area contributed by atoms with Crippen LogP contribution in [-0.4, -0.2) is 31.5 Å². The van der Waals surface area contributed by atoms with E-state index in [-0.39, 0.29) is 33.3 Å². The molecule has 0 fully saturated rings. The van der Waals surface area contributed by atoms with Crippen LogP contribution in [-0.2, 0) is 11.8 Å². The number of fused-ring (bicyclic) bond motifs is 2. The fourth-order valence-electron chi connectivity index (χ4n) is 4.69. The topological polar surface area (TPSA) is 68.4 Å². The molecule has 210 valence electrons. The number of allylic oxidation sites excluding steroid dienone is 1. The molecule has 2 aromatic carbocycles. The number of rotatable bonds is 7. The van der Waals surface area contributed by atoms with Gasteiger partial charge in [-0.25, -0.2) is 22.5 Å². The maximum atomic E-state index is 14.8. The number of carbonyl (C=O) groups excluding carboxylic acids is 2. The van der Waals surface area contributed by atoms with Crippen molar-refractivity contribution in [3.63, 3.8) is 0 Å². The van der Waals surface area contributed by atoms with Crippen LogP contribution in [0.4, 0.5) is 23.2 Å². The number of amides is 1. The Hall–Kier alpha value is -4.15. The molecule has 0 spiro atoms. The molecule has 3 heterocycles. The number of halogens is 6. The molecule has 1 amide bonds. The Balaban J connectivity index is 1.60. The minimum Gasteiger partial charge on any atom is -0.331 e. The highest BCUT2D eigenvalue weighted by molar-refractivity contribution is 6.38. The molecule has 0 aliphatic rings. The van der Waals surface area contributed by atoms with Crippen molar-refractivity contribution in [1.82, 2.24) is 14.0 Å². The van der Waals surface area contributed by atoms with Crippen molar-refractivity contribution in [2.45, 2.75) is 13.3 Å². The first kappa shape index (κ1) is 28.4. The number of anilines is 1. The normalized spacial score (nSPS) is 11.8. The maximum absolute atomic E-state index is 14.8. The second-order valence-corrected chi connectivity index (χ2v) is 9.81. The van der Waals surface area contributed by atoms with E-state index in [0.717, 1.165) is 18.2 Å². The maximum Gasteiger partial charge on any atom is 0.264 e. The molecule has 0 aliphatic heterocycles. The number of nitrogens with one attached hydrogen (secondary N) is 1. The summed E-state index contributed by atoms with van der Waals surface area (Å²) in [4.78, 5) is 29.6. The van der Waals surface area contributed by atoms with Crippen LogP contribution in [0, 0.1) is 18.6 Å². The third kappa shape index (κ3) is 4.98. The summed E-state index contributed by atoms with van der Waals surface area (Å²) in [5.41, 5.74) is 0.215. The lowest BCUT2D eigenvalue weighted by Crippen LogP contribution is -2.13. The number of aryl methyl sites for hydroxylation is 2. The van der Waals surface area contributed by atoms with Gasteiger partial charge in [0.1, 0.15) is 28.7 Å². The summed E-state index contributed by atoms with van der Waals surface area (Å²) in [5, 5.41) is 2.11. The molecule has 3 aromatic heterocycles. The Kier molecular flexibility index (Phi) is 7.63. The van der Waals surface area contributed by atoms with E-state index >= 15 is 0 Å². The van der Waals surface area contributed by atoms with Crippen LogP contribution in [0.15, 0.2) is 60.8 Å². The Morgan fingerprint density at radius 1 is 1.10 bits per heavy atom. The van der Waals surface area contributed by atoms with Gasteiger partial charge in [-0.3, -0.25) is 9.59 Å². The first-order valence-corrected chi connectivity index (χ1v) is 13.1. The van der Waals surface area contributed by atoms with Crippen LogP contribution in [0.2, 0.25) is 5.02 Å². The van der Waals surface area contributed by atoms with Gasteiger partial charge in [0.25, 0.3) is 6.43 Å². The molecule has 41 heavy (non-hydrogen) atoms. The lowest BCUT2D eigenvalue weighted by atomic mass is 9.98. The molecule has 0 bridgehead atoms. The number of carbonyl (C=O) groups is 2. The third-order valence-electron chi connectivity index (χ3n) is 6.71. The first-order chi connectivity index (χ1) is 19.5. The number of nitrogens with zero attached hydrogens (tertiary/aromatic N) is 3. The summed E-state index contributed by atoms with van der Waals surface area (Å²) in [5.74, 6) is -3.23. The molecular weight excluding hydrogens is 583 g/mol. The van der Waals surface area contributed by atoms with E-state index in [9.17, 15) is 27.2 Å². The minimum atomic E-state index is -2.87. The fourth-order valence-corrected chi connectivity index (χ4v) is 5.13. The van der Waals surface area contributed by atoms with Gasteiger partial charge in [-0.2, -0.15) is 0 Å². The molecule has 0 saturated heterocycles. The zero-order valence-electron chi connectivity index (χ0n) is 21.5. The number of imidazole rings is 1. The Labute approximate surface area is 240 Å². The standard InChI is InChI=1S/C29H20Cl2F4N4O2/c1-14-36-27-22(38(14)2)13-17(29(34)35)24(25(27)31)16-5-4-10-39-20(16)7-8-21(39)28(41)15-11-18(32)26(19(33)12-15)37-23(40)6-3-9-30/h3-8,10-13,29H,9H2,1-2H3,(H,37,40)/b6-3+. The lowest BCUT2D eigenvalue weighted by Gasteiger charge is -2.15. The number of benzene rings is 2. The number of pyridine rings is 1. The van der Waals surface area contributed by atoms with E-state index in [1.54, 1.807) is 30.7 Å². The van der Waals surface area contributed by atoms with Gasteiger partial charge in [0, 0.05) is 47.5 Å². The van der Waals surface area contributed by atoms with Crippen molar-refractivity contribution < 1.29 is 27.2 Å². The minimum absolute atomic E-state index is 0.0203. The molecule has 5 rings (SSSR count). The van der Waals surface area contributed by atoms with Crippen LogP contribution in [0.1, 0.15) is 33.9 Å². The van der Waals surface area contributed by atoms with E-state index in [4.69, 9.17) is 23.2 Å². The SMILES string of the molecule is Cc1nc2c(Cl)c(-c3cccn4c(C(=O)c5cc(F)c(NC(=O)/C=C/CCl)c(F)c5)ccc34)c(C(F)F)cc2n1C. The zero-order valence-corrected chi connectivity index (χ0v) is 23.0. The summed E-state index contributed by atoms with van der Waals surface area (Å²) < 4.78 is 61.2. The third-order valence-corrected chi connectivity index (χ3v) is 7.26. The van der Waals surface area contributed by atoms with Crippen LogP contribution >= 0.6 is 23.2 Å².